The zero-order valence-electron chi connectivity index (χ0n) is 24.9. The summed E-state index contributed by atoms with van der Waals surface area (Å²) in [5.41, 5.74) is 6.75. The Balaban J connectivity index is 1.29. The van der Waals surface area contributed by atoms with Crippen LogP contribution in [0.5, 0.6) is 0 Å². The number of rotatable bonds is 3. The molecule has 4 aromatic heterocycles. The molecule has 0 aliphatic rings. The Bertz CT molecular complexity index is 3050. The van der Waals surface area contributed by atoms with Crippen LogP contribution in [0.2, 0.25) is 0 Å². The van der Waals surface area contributed by atoms with Gasteiger partial charge >= 0.3 is 0 Å². The van der Waals surface area contributed by atoms with E-state index < -0.39 is 0 Å². The average Bonchev–Trinajstić information content (AvgIpc) is 3.88. The van der Waals surface area contributed by atoms with Gasteiger partial charge in [0.15, 0.2) is 0 Å². The molecule has 47 heavy (non-hydrogen) atoms. The maximum Gasteiger partial charge on any atom is 0.137 e. The van der Waals surface area contributed by atoms with Crippen LogP contribution < -0.4 is 4.90 Å². The van der Waals surface area contributed by atoms with Crippen molar-refractivity contribution >= 4 is 124 Å². The third-order valence-electron chi connectivity index (χ3n) is 9.47. The molecule has 0 unspecified atom stereocenters. The Labute approximate surface area is 276 Å². The number of benzene rings is 7. The van der Waals surface area contributed by atoms with Crippen molar-refractivity contribution < 1.29 is 8.83 Å². The minimum atomic E-state index is 0.868. The fraction of sp³-hybridized carbons (Fsp3) is 0. The van der Waals surface area contributed by atoms with E-state index in [1.54, 1.807) is 0 Å². The van der Waals surface area contributed by atoms with Crippen molar-refractivity contribution in [2.75, 3.05) is 4.90 Å². The number of anilines is 3. The molecule has 220 valence electrons. The summed E-state index contributed by atoms with van der Waals surface area (Å²) in [5.74, 6) is 0. The minimum Gasteiger partial charge on any atom is -0.456 e. The van der Waals surface area contributed by atoms with Gasteiger partial charge in [-0.1, -0.05) is 72.8 Å². The summed E-state index contributed by atoms with van der Waals surface area (Å²) < 4.78 is 18.1. The van der Waals surface area contributed by atoms with E-state index in [0.717, 1.165) is 60.9 Å². The molecule has 7 aromatic carbocycles. The van der Waals surface area contributed by atoms with Gasteiger partial charge in [-0.15, -0.1) is 22.7 Å². The van der Waals surface area contributed by atoms with Gasteiger partial charge in [-0.3, -0.25) is 0 Å². The number of hydrogen-bond donors (Lipinski definition) is 0. The Morgan fingerprint density at radius 3 is 1.89 bits per heavy atom. The predicted molar refractivity (Wildman–Crippen MR) is 201 cm³/mol. The lowest BCUT2D eigenvalue weighted by Gasteiger charge is -2.27. The Hall–Kier alpha value is -5.62. The van der Waals surface area contributed by atoms with Crippen LogP contribution in [-0.2, 0) is 0 Å². The summed E-state index contributed by atoms with van der Waals surface area (Å²) in [6, 6.07) is 49.7. The lowest BCUT2D eigenvalue weighted by molar-refractivity contribution is 0.669. The van der Waals surface area contributed by atoms with Crippen molar-refractivity contribution in [3.8, 4) is 0 Å². The molecule has 0 saturated carbocycles. The van der Waals surface area contributed by atoms with E-state index in [9.17, 15) is 0 Å². The third kappa shape index (κ3) is 3.55. The fourth-order valence-corrected chi connectivity index (χ4v) is 9.91. The molecule has 0 aliphatic carbocycles. The van der Waals surface area contributed by atoms with Crippen molar-refractivity contribution in [3.05, 3.63) is 140 Å². The van der Waals surface area contributed by atoms with E-state index in [1.807, 2.05) is 40.9 Å². The highest BCUT2D eigenvalue weighted by Crippen LogP contribution is 2.51. The number of para-hydroxylation sites is 2. The lowest BCUT2D eigenvalue weighted by Crippen LogP contribution is -2.10. The smallest absolute Gasteiger partial charge is 0.137 e. The number of hydrogen-bond acceptors (Lipinski definition) is 5. The highest BCUT2D eigenvalue weighted by atomic mass is 32.1. The maximum atomic E-state index is 6.45. The molecule has 11 aromatic rings. The van der Waals surface area contributed by atoms with Crippen LogP contribution in [0, 0.1) is 0 Å². The summed E-state index contributed by atoms with van der Waals surface area (Å²) in [7, 11) is 0. The quantitative estimate of drug-likeness (QED) is 0.193. The zero-order chi connectivity index (χ0) is 30.6. The van der Waals surface area contributed by atoms with E-state index in [0.29, 0.717) is 0 Å². The van der Waals surface area contributed by atoms with E-state index in [2.05, 4.69) is 126 Å². The first-order valence-corrected chi connectivity index (χ1v) is 17.3. The van der Waals surface area contributed by atoms with Crippen molar-refractivity contribution in [3.63, 3.8) is 0 Å². The number of thiophene rings is 2. The largest absolute Gasteiger partial charge is 0.456 e. The van der Waals surface area contributed by atoms with Crippen LogP contribution in [0.4, 0.5) is 17.1 Å². The van der Waals surface area contributed by atoms with E-state index in [1.165, 1.54) is 40.3 Å². The SMILES string of the molecule is c1ccc2c(c1)oc1cc(N(c3cccc4oc5ccccc5c34)c3cccc4sc5ccc6c7ccccc7sc6c5c34)ccc12. The van der Waals surface area contributed by atoms with Gasteiger partial charge in [-0.05, 0) is 60.7 Å². The van der Waals surface area contributed by atoms with Crippen LogP contribution >= 0.6 is 22.7 Å². The summed E-state index contributed by atoms with van der Waals surface area (Å²) in [6.07, 6.45) is 0. The molecule has 5 heteroatoms. The van der Waals surface area contributed by atoms with E-state index in [-0.39, 0.29) is 0 Å². The molecule has 0 radical (unpaired) electrons. The van der Waals surface area contributed by atoms with Gasteiger partial charge in [-0.2, -0.15) is 0 Å². The minimum absolute atomic E-state index is 0.868. The van der Waals surface area contributed by atoms with Gasteiger partial charge in [0.05, 0.1) is 16.8 Å². The second-order valence-electron chi connectivity index (χ2n) is 12.0. The first kappa shape index (κ1) is 25.6. The molecule has 4 heterocycles. The van der Waals surface area contributed by atoms with Crippen molar-refractivity contribution in [1.82, 2.24) is 0 Å². The first-order valence-electron chi connectivity index (χ1n) is 15.7. The Morgan fingerprint density at radius 2 is 1.00 bits per heavy atom. The van der Waals surface area contributed by atoms with Crippen molar-refractivity contribution in [1.29, 1.82) is 0 Å². The van der Waals surface area contributed by atoms with Gasteiger partial charge in [0, 0.05) is 68.3 Å². The van der Waals surface area contributed by atoms with Gasteiger partial charge in [-0.25, -0.2) is 0 Å². The molecule has 0 aliphatic heterocycles. The molecule has 0 spiro atoms. The topological polar surface area (TPSA) is 29.5 Å². The number of furan rings is 2. The fourth-order valence-electron chi connectivity index (χ4n) is 7.46. The molecule has 0 N–H and O–H groups in total. The monoisotopic (exact) mass is 637 g/mol. The lowest BCUT2D eigenvalue weighted by atomic mass is 10.0. The zero-order valence-corrected chi connectivity index (χ0v) is 26.5. The second kappa shape index (κ2) is 9.46. The molecule has 0 saturated heterocycles. The van der Waals surface area contributed by atoms with Crippen molar-refractivity contribution in [2.45, 2.75) is 0 Å². The van der Waals surface area contributed by atoms with Gasteiger partial charge in [0.2, 0.25) is 0 Å². The summed E-state index contributed by atoms with van der Waals surface area (Å²) in [6.45, 7) is 0. The molecule has 3 nitrogen and oxygen atoms in total. The van der Waals surface area contributed by atoms with E-state index >= 15 is 0 Å². The molecule has 0 bridgehead atoms. The Kier molecular flexibility index (Phi) is 5.14. The standard InChI is InChI=1S/C42H23NO2S2/c1-4-14-32-25(9-1)26-20-19-24(23-35(26)45-32)43(30-12-7-16-34-39(30)29-11-2-5-15-33(29)44-34)31-13-8-18-37-40(31)41-38(46-37)22-21-28-27-10-3-6-17-36(27)47-42(28)41/h1-23H. The number of fused-ring (bicyclic) bond motifs is 13. The summed E-state index contributed by atoms with van der Waals surface area (Å²) in [5, 5.41) is 9.64. The van der Waals surface area contributed by atoms with Crippen LogP contribution in [0.3, 0.4) is 0 Å². The summed E-state index contributed by atoms with van der Waals surface area (Å²) >= 11 is 3.76. The highest BCUT2D eigenvalue weighted by Gasteiger charge is 2.24. The normalized spacial score (nSPS) is 12.3. The molecule has 0 amide bonds. The summed E-state index contributed by atoms with van der Waals surface area (Å²) in [4.78, 5) is 2.41. The molecular formula is C42H23NO2S2. The molecule has 0 fully saturated rings. The van der Waals surface area contributed by atoms with Crippen molar-refractivity contribution in [2.24, 2.45) is 0 Å². The van der Waals surface area contributed by atoms with Crippen LogP contribution in [0.25, 0.3) is 84.2 Å². The first-order chi connectivity index (χ1) is 23.3. The third-order valence-corrected chi connectivity index (χ3v) is 11.8. The van der Waals surface area contributed by atoms with E-state index in [4.69, 9.17) is 8.83 Å². The van der Waals surface area contributed by atoms with Gasteiger partial charge in [0.1, 0.15) is 22.3 Å². The Morgan fingerprint density at radius 1 is 0.383 bits per heavy atom. The molecule has 0 atom stereocenters. The average molecular weight is 638 g/mol. The van der Waals surface area contributed by atoms with Crippen LogP contribution in [-0.4, -0.2) is 0 Å². The molecular weight excluding hydrogens is 615 g/mol. The van der Waals surface area contributed by atoms with Gasteiger partial charge in [0.25, 0.3) is 0 Å². The van der Waals surface area contributed by atoms with Gasteiger partial charge < -0.3 is 13.7 Å². The molecule has 11 rings (SSSR count). The van der Waals surface area contributed by atoms with Crippen LogP contribution in [0.1, 0.15) is 0 Å². The maximum absolute atomic E-state index is 6.45. The van der Waals surface area contributed by atoms with Crippen LogP contribution in [0.15, 0.2) is 148 Å². The second-order valence-corrected chi connectivity index (χ2v) is 14.2. The highest BCUT2D eigenvalue weighted by molar-refractivity contribution is 7.29. The predicted octanol–water partition coefficient (Wildman–Crippen LogP) is 13.7. The number of nitrogens with zero attached hydrogens (tertiary/aromatic N) is 1.